The average molecular weight is 596 g/mol. The van der Waals surface area contributed by atoms with E-state index in [-0.39, 0.29) is 30.4 Å². The maximum absolute atomic E-state index is 13.1. The molecule has 1 saturated heterocycles. The van der Waals surface area contributed by atoms with Crippen LogP contribution in [0.1, 0.15) is 47.6 Å². The van der Waals surface area contributed by atoms with Gasteiger partial charge in [-0.05, 0) is 44.5 Å². The van der Waals surface area contributed by atoms with Crippen molar-refractivity contribution in [1.82, 2.24) is 4.90 Å². The number of benzene rings is 2. The van der Waals surface area contributed by atoms with Crippen LogP contribution in [0.3, 0.4) is 0 Å². The predicted octanol–water partition coefficient (Wildman–Crippen LogP) is 0.481. The smallest absolute Gasteiger partial charge is 0.349 e. The summed E-state index contributed by atoms with van der Waals surface area (Å²) in [6, 6.07) is 11.0. The van der Waals surface area contributed by atoms with E-state index < -0.39 is 53.3 Å². The maximum Gasteiger partial charge on any atom is 0.349 e. The minimum Gasteiger partial charge on any atom is -0.481 e. The van der Waals surface area contributed by atoms with E-state index in [0.29, 0.717) is 30.6 Å². The molecule has 0 saturated carbocycles. The number of hydrogen-bond acceptors (Lipinski definition) is 11. The lowest BCUT2D eigenvalue weighted by Gasteiger charge is -2.56. The molecule has 2 heterocycles. The van der Waals surface area contributed by atoms with Gasteiger partial charge in [-0.15, -0.1) is 0 Å². The third kappa shape index (κ3) is 4.35. The molecule has 1 fully saturated rings. The van der Waals surface area contributed by atoms with Gasteiger partial charge in [-0.1, -0.05) is 42.5 Å². The molecule has 2 aromatic carbocycles. The molecule has 5 N–H and O–H groups in total. The van der Waals surface area contributed by atoms with Crippen LogP contribution in [0.2, 0.25) is 0 Å². The topological polar surface area (TPSA) is 183 Å². The molecule has 0 radical (unpaired) electrons. The van der Waals surface area contributed by atoms with Gasteiger partial charge in [-0.3, -0.25) is 0 Å². The van der Waals surface area contributed by atoms with Gasteiger partial charge in [0.15, 0.2) is 18.3 Å². The van der Waals surface area contributed by atoms with E-state index in [1.54, 1.807) is 12.1 Å². The summed E-state index contributed by atoms with van der Waals surface area (Å²) in [5, 5.41) is 53.0. The van der Waals surface area contributed by atoms with Crippen molar-refractivity contribution in [3.63, 3.8) is 0 Å². The number of aliphatic carboxylic acids is 1. The molecule has 0 unspecified atom stereocenters. The monoisotopic (exact) mass is 595 g/mol. The number of likely N-dealkylation sites (N-methyl/N-ethyl adjacent to an activating group) is 1. The zero-order valence-electron chi connectivity index (χ0n) is 23.4. The lowest BCUT2D eigenvalue weighted by atomic mass is 9.52. The van der Waals surface area contributed by atoms with Gasteiger partial charge in [0, 0.05) is 29.2 Å². The lowest BCUT2D eigenvalue weighted by molar-refractivity contribution is -0.181. The lowest BCUT2D eigenvalue weighted by Crippen LogP contribution is -2.69. The van der Waals surface area contributed by atoms with Crippen LogP contribution in [0.15, 0.2) is 54.3 Å². The Kier molecular flexibility index (Phi) is 7.30. The molecule has 0 aromatic heterocycles. The van der Waals surface area contributed by atoms with Crippen molar-refractivity contribution in [2.24, 2.45) is 0 Å². The minimum absolute atomic E-state index is 0.00164. The number of likely N-dealkylation sites (tertiary alicyclic amines) is 1. The van der Waals surface area contributed by atoms with Gasteiger partial charge in [0.05, 0.1) is 17.6 Å². The molecule has 1 spiro atoms. The summed E-state index contributed by atoms with van der Waals surface area (Å²) in [6.45, 7) is 0.416. The van der Waals surface area contributed by atoms with Crippen LogP contribution in [-0.4, -0.2) is 91.9 Å². The second-order valence-corrected chi connectivity index (χ2v) is 11.6. The van der Waals surface area contributed by atoms with E-state index >= 15 is 0 Å². The fourth-order valence-electron chi connectivity index (χ4n) is 7.40. The minimum atomic E-state index is -2.45. The molecular formula is C31H33NO11. The summed E-state index contributed by atoms with van der Waals surface area (Å²) in [5.74, 6) is -4.00. The molecule has 12 nitrogen and oxygen atoms in total. The molecule has 0 amide bonds. The standard InChI is InChI=1S/C31H33NO11/c1-32-13-5-11-30-21-17-8-9-18(15-33)24(21)42-26(30)19(10-12-31(30,40)20(32)14-17)41-28(38)22(34)23(35)29(39)43-25(27(36)37)16-6-3-2-4-7-16/h2-4,6-10,20,22-23,25-26,33-35,40H,5,11-15H2,1H3,(H,36,37)/t20-,22-,23-,25+,26+,30+,31-/m1/s1. The molecule has 2 aliphatic heterocycles. The molecule has 2 bridgehead atoms. The van der Waals surface area contributed by atoms with Crippen molar-refractivity contribution in [3.8, 4) is 5.75 Å². The number of nitrogens with zero attached hydrogens (tertiary/aromatic N) is 1. The largest absolute Gasteiger partial charge is 0.481 e. The quantitative estimate of drug-likeness (QED) is 0.267. The van der Waals surface area contributed by atoms with E-state index in [1.807, 2.05) is 13.1 Å². The van der Waals surface area contributed by atoms with Gasteiger partial charge >= 0.3 is 17.9 Å². The fraction of sp³-hybridized carbons (Fsp3) is 0.452. The molecule has 12 heteroatoms. The number of carboxylic acids is 1. The summed E-state index contributed by atoms with van der Waals surface area (Å²) >= 11 is 0. The van der Waals surface area contributed by atoms with Crippen LogP contribution in [0.25, 0.3) is 0 Å². The fourth-order valence-corrected chi connectivity index (χ4v) is 7.40. The number of aliphatic hydroxyl groups is 4. The zero-order valence-corrected chi connectivity index (χ0v) is 23.4. The first-order valence-electron chi connectivity index (χ1n) is 14.1. The first-order chi connectivity index (χ1) is 20.5. The molecule has 7 atom stereocenters. The molecule has 2 aliphatic carbocycles. The Morgan fingerprint density at radius 2 is 1.81 bits per heavy atom. The van der Waals surface area contributed by atoms with Crippen LogP contribution < -0.4 is 4.74 Å². The molecular weight excluding hydrogens is 562 g/mol. The van der Waals surface area contributed by atoms with Crippen molar-refractivity contribution in [2.45, 2.75) is 73.8 Å². The summed E-state index contributed by atoms with van der Waals surface area (Å²) in [6.07, 6.45) is -4.24. The Labute approximate surface area is 246 Å². The van der Waals surface area contributed by atoms with Crippen molar-refractivity contribution in [1.29, 1.82) is 0 Å². The summed E-state index contributed by atoms with van der Waals surface area (Å²) in [7, 11) is 1.96. The third-order valence-electron chi connectivity index (χ3n) is 9.41. The highest BCUT2D eigenvalue weighted by Gasteiger charge is 2.70. The van der Waals surface area contributed by atoms with Crippen LogP contribution in [-0.2, 0) is 42.3 Å². The predicted molar refractivity (Wildman–Crippen MR) is 146 cm³/mol. The third-order valence-corrected chi connectivity index (χ3v) is 9.41. The van der Waals surface area contributed by atoms with Crippen LogP contribution in [0.5, 0.6) is 5.75 Å². The summed E-state index contributed by atoms with van der Waals surface area (Å²) in [5.41, 5.74) is 0.0756. The second kappa shape index (κ2) is 10.7. The van der Waals surface area contributed by atoms with Gasteiger partial charge in [-0.2, -0.15) is 0 Å². The summed E-state index contributed by atoms with van der Waals surface area (Å²) in [4.78, 5) is 39.5. The number of hydrogen-bond donors (Lipinski definition) is 5. The average Bonchev–Trinajstić information content (AvgIpc) is 3.34. The van der Waals surface area contributed by atoms with Crippen molar-refractivity contribution in [3.05, 3.63) is 76.6 Å². The highest BCUT2D eigenvalue weighted by Crippen LogP contribution is 2.64. The zero-order chi connectivity index (χ0) is 30.7. The molecule has 6 rings (SSSR count). The summed E-state index contributed by atoms with van der Waals surface area (Å²) < 4.78 is 16.9. The normalized spacial score (nSPS) is 29.2. The highest BCUT2D eigenvalue weighted by molar-refractivity contribution is 5.87. The number of carbonyl (C=O) groups excluding carboxylic acids is 2. The molecule has 4 aliphatic rings. The molecule has 43 heavy (non-hydrogen) atoms. The first-order valence-corrected chi connectivity index (χ1v) is 14.1. The number of esters is 2. The number of carboxylic acid groups (broad SMARTS) is 1. The first kappa shape index (κ1) is 29.3. The maximum atomic E-state index is 13.1. The number of aliphatic hydroxyl groups excluding tert-OH is 3. The highest BCUT2D eigenvalue weighted by atomic mass is 16.6. The van der Waals surface area contributed by atoms with E-state index in [0.717, 1.165) is 17.7 Å². The Morgan fingerprint density at radius 1 is 1.09 bits per heavy atom. The van der Waals surface area contributed by atoms with Gasteiger partial charge in [0.1, 0.15) is 11.5 Å². The Balaban J connectivity index is 1.27. The Morgan fingerprint density at radius 3 is 2.51 bits per heavy atom. The second-order valence-electron chi connectivity index (χ2n) is 11.6. The van der Waals surface area contributed by atoms with Crippen molar-refractivity contribution in [2.75, 3.05) is 13.6 Å². The van der Waals surface area contributed by atoms with Gasteiger partial charge in [0.2, 0.25) is 6.10 Å². The number of rotatable bonds is 8. The van der Waals surface area contributed by atoms with Gasteiger partial charge in [-0.25, -0.2) is 14.4 Å². The van der Waals surface area contributed by atoms with Crippen LogP contribution in [0, 0.1) is 0 Å². The Bertz CT molecular complexity index is 1490. The molecule has 228 valence electrons. The number of carbonyl (C=O) groups is 3. The van der Waals surface area contributed by atoms with Gasteiger partial charge in [0.25, 0.3) is 0 Å². The van der Waals surface area contributed by atoms with E-state index in [4.69, 9.17) is 14.2 Å². The van der Waals surface area contributed by atoms with Crippen LogP contribution in [0.4, 0.5) is 0 Å². The van der Waals surface area contributed by atoms with Crippen molar-refractivity contribution >= 4 is 17.9 Å². The Hall–Kier alpha value is -3.81. The van der Waals surface area contributed by atoms with E-state index in [2.05, 4.69) is 4.90 Å². The van der Waals surface area contributed by atoms with Crippen molar-refractivity contribution < 1.29 is 54.1 Å². The van der Waals surface area contributed by atoms with E-state index in [1.165, 1.54) is 30.3 Å². The molecule has 2 aromatic rings. The number of ether oxygens (including phenoxy) is 3. The van der Waals surface area contributed by atoms with E-state index in [9.17, 15) is 39.9 Å². The SMILES string of the molecule is CN1CCC[C@]23c4c5ccc(CO)c4O[C@H]2C(OC(=O)[C@H](O)[C@@H](O)C(=O)O[C@H](C(=O)O)c2ccccc2)=CC[C@@]3(O)[C@H]1C5. The van der Waals surface area contributed by atoms with Crippen LogP contribution >= 0.6 is 0 Å². The van der Waals surface area contributed by atoms with Gasteiger partial charge < -0.3 is 44.6 Å².